The van der Waals surface area contributed by atoms with Gasteiger partial charge in [-0.05, 0) is 83.6 Å². The van der Waals surface area contributed by atoms with E-state index in [1.165, 1.54) is 6.07 Å². The smallest absolute Gasteiger partial charge is 0.158 e. The van der Waals surface area contributed by atoms with E-state index in [0.29, 0.717) is 17.2 Å². The first kappa shape index (κ1) is 24.7. The summed E-state index contributed by atoms with van der Waals surface area (Å²) in [5.74, 6) is 6.03. The van der Waals surface area contributed by atoms with Crippen molar-refractivity contribution in [1.82, 2.24) is 9.88 Å². The molecular weight excluding hydrogens is 519 g/mol. The molecule has 2 aromatic carbocycles. The molecule has 0 amide bonds. The van der Waals surface area contributed by atoms with Crippen molar-refractivity contribution < 1.29 is 14.2 Å². The van der Waals surface area contributed by atoms with Crippen LogP contribution < -0.4 is 4.74 Å². The second-order valence-electron chi connectivity index (χ2n) is 8.64. The Labute approximate surface area is 212 Å². The number of aromatic nitrogens is 1. The molecule has 176 valence electrons. The van der Waals surface area contributed by atoms with Crippen molar-refractivity contribution in [3.63, 3.8) is 0 Å². The molecule has 0 radical (unpaired) electrons. The van der Waals surface area contributed by atoms with Crippen molar-refractivity contribution in [3.05, 3.63) is 81.3 Å². The Morgan fingerprint density at radius 2 is 1.85 bits per heavy atom. The number of ether oxygens (including phenoxy) is 1. The van der Waals surface area contributed by atoms with Gasteiger partial charge in [-0.3, -0.25) is 4.90 Å². The third kappa shape index (κ3) is 6.58. The van der Waals surface area contributed by atoms with Crippen molar-refractivity contribution >= 4 is 27.5 Å². The van der Waals surface area contributed by atoms with Crippen LogP contribution in [0.5, 0.6) is 5.75 Å². The molecule has 1 saturated heterocycles. The van der Waals surface area contributed by atoms with Crippen molar-refractivity contribution in [2.75, 3.05) is 26.2 Å². The van der Waals surface area contributed by atoms with Gasteiger partial charge in [-0.25, -0.2) is 9.37 Å². The van der Waals surface area contributed by atoms with Crippen LogP contribution in [0, 0.1) is 17.7 Å². The van der Waals surface area contributed by atoms with Gasteiger partial charge in [0.05, 0.1) is 10.1 Å². The van der Waals surface area contributed by atoms with E-state index < -0.39 is 11.4 Å². The summed E-state index contributed by atoms with van der Waals surface area (Å²) < 4.78 is 21.3. The zero-order valence-electron chi connectivity index (χ0n) is 18.8. The predicted octanol–water partition coefficient (Wildman–Crippen LogP) is 5.93. The lowest BCUT2D eigenvalue weighted by molar-refractivity contribution is -0.00769. The number of pyridine rings is 1. The summed E-state index contributed by atoms with van der Waals surface area (Å²) >= 11 is 9.44. The fourth-order valence-corrected chi connectivity index (χ4v) is 4.32. The Morgan fingerprint density at radius 1 is 1.12 bits per heavy atom. The predicted molar refractivity (Wildman–Crippen MR) is 137 cm³/mol. The van der Waals surface area contributed by atoms with Gasteiger partial charge in [-0.1, -0.05) is 29.7 Å². The Bertz CT molecular complexity index is 1210. The third-order valence-electron chi connectivity index (χ3n) is 5.87. The van der Waals surface area contributed by atoms with Gasteiger partial charge in [0.1, 0.15) is 18.1 Å². The Hall–Kier alpha value is -2.43. The van der Waals surface area contributed by atoms with Gasteiger partial charge in [0.25, 0.3) is 0 Å². The lowest BCUT2D eigenvalue weighted by atomic mass is 9.94. The van der Waals surface area contributed by atoms with Gasteiger partial charge in [0, 0.05) is 42.0 Å². The molecule has 1 aliphatic rings. The van der Waals surface area contributed by atoms with Crippen molar-refractivity contribution in [3.8, 4) is 28.7 Å². The first-order chi connectivity index (χ1) is 16.3. The highest BCUT2D eigenvalue weighted by Crippen LogP contribution is 2.27. The maximum atomic E-state index is 14.6. The fraction of sp³-hybridized carbons (Fsp3) is 0.296. The molecule has 34 heavy (non-hydrogen) atoms. The van der Waals surface area contributed by atoms with E-state index in [-0.39, 0.29) is 5.69 Å². The van der Waals surface area contributed by atoms with Crippen LogP contribution in [0.3, 0.4) is 0 Å². The second-order valence-corrected chi connectivity index (χ2v) is 9.93. The number of benzene rings is 2. The molecule has 4 nitrogen and oxygen atoms in total. The highest BCUT2D eigenvalue weighted by molar-refractivity contribution is 9.10. The summed E-state index contributed by atoms with van der Waals surface area (Å²) in [6, 6.07) is 14.1. The van der Waals surface area contributed by atoms with Crippen LogP contribution in [0.15, 0.2) is 59.2 Å². The number of rotatable bonds is 5. The fourth-order valence-electron chi connectivity index (χ4n) is 3.70. The Morgan fingerprint density at radius 3 is 2.53 bits per heavy atom. The number of hydrogen-bond donors (Lipinski definition) is 1. The van der Waals surface area contributed by atoms with E-state index >= 15 is 0 Å². The molecule has 2 heterocycles. The van der Waals surface area contributed by atoms with Crippen molar-refractivity contribution in [2.45, 2.75) is 25.4 Å². The normalized spacial score (nSPS) is 15.4. The average Bonchev–Trinajstić information content (AvgIpc) is 2.81. The minimum atomic E-state index is -0.547. The molecule has 1 fully saturated rings. The first-order valence-corrected chi connectivity index (χ1v) is 12.3. The summed E-state index contributed by atoms with van der Waals surface area (Å²) in [6.45, 7) is 5.00. The van der Waals surface area contributed by atoms with E-state index in [1.54, 1.807) is 18.3 Å². The van der Waals surface area contributed by atoms with Crippen LogP contribution in [0.4, 0.5) is 4.39 Å². The number of piperidine rings is 1. The van der Waals surface area contributed by atoms with Crippen LogP contribution in [0.1, 0.15) is 31.0 Å². The molecule has 1 N–H and O–H groups in total. The molecule has 0 unspecified atom stereocenters. The highest BCUT2D eigenvalue weighted by atomic mass is 79.9. The minimum Gasteiger partial charge on any atom is -0.491 e. The van der Waals surface area contributed by atoms with E-state index in [1.807, 2.05) is 37.3 Å². The van der Waals surface area contributed by atoms with Crippen molar-refractivity contribution in [1.29, 1.82) is 0 Å². The van der Waals surface area contributed by atoms with Gasteiger partial charge < -0.3 is 9.84 Å². The van der Waals surface area contributed by atoms with Crippen LogP contribution in [-0.4, -0.2) is 46.8 Å². The molecular formula is C27H25BrClFN2O2. The second kappa shape index (κ2) is 10.9. The maximum absolute atomic E-state index is 14.6. The average molecular weight is 544 g/mol. The third-order valence-corrected chi connectivity index (χ3v) is 6.75. The Balaban J connectivity index is 1.36. The molecule has 0 spiro atoms. The Kier molecular flexibility index (Phi) is 7.90. The number of aliphatic hydroxyl groups is 1. The molecule has 0 aliphatic carbocycles. The molecule has 7 heteroatoms. The number of halogens is 3. The monoisotopic (exact) mass is 542 g/mol. The van der Waals surface area contributed by atoms with Gasteiger partial charge in [0.2, 0.25) is 0 Å². The molecule has 1 aromatic heterocycles. The lowest BCUT2D eigenvalue weighted by Crippen LogP contribution is -2.43. The number of likely N-dealkylation sites (tertiary alicyclic amines) is 1. The SMILES string of the molecule is CC1(O)CCN(CCOc2ccc(C#Cc3ncc(-c4ccc(Cl)cc4)cc3F)cc2Br)CC1. The largest absolute Gasteiger partial charge is 0.491 e. The summed E-state index contributed by atoms with van der Waals surface area (Å²) in [7, 11) is 0. The first-order valence-electron chi connectivity index (χ1n) is 11.1. The van der Waals surface area contributed by atoms with Gasteiger partial charge >= 0.3 is 0 Å². The summed E-state index contributed by atoms with van der Waals surface area (Å²) in [5, 5.41) is 10.7. The van der Waals surface area contributed by atoms with Gasteiger partial charge in [-0.2, -0.15) is 0 Å². The molecule has 3 aromatic rings. The van der Waals surface area contributed by atoms with E-state index in [0.717, 1.165) is 53.8 Å². The zero-order valence-corrected chi connectivity index (χ0v) is 21.2. The summed E-state index contributed by atoms with van der Waals surface area (Å²) in [6.07, 6.45) is 3.17. The lowest BCUT2D eigenvalue weighted by Gasteiger charge is -2.35. The minimum absolute atomic E-state index is 0.0923. The zero-order chi connectivity index (χ0) is 24.1. The van der Waals surface area contributed by atoms with Crippen LogP contribution in [0.25, 0.3) is 11.1 Å². The molecule has 0 saturated carbocycles. The number of hydrogen-bond acceptors (Lipinski definition) is 4. The van der Waals surface area contributed by atoms with Crippen LogP contribution in [0.2, 0.25) is 5.02 Å². The molecule has 0 atom stereocenters. The number of nitrogens with zero attached hydrogens (tertiary/aromatic N) is 2. The van der Waals surface area contributed by atoms with Crippen LogP contribution in [-0.2, 0) is 0 Å². The highest BCUT2D eigenvalue weighted by Gasteiger charge is 2.26. The summed E-state index contributed by atoms with van der Waals surface area (Å²) in [5.41, 5.74) is 1.77. The molecule has 4 rings (SSSR count). The molecule has 1 aliphatic heterocycles. The standard InChI is InChI=1S/C27H25BrClFN2O2/c1-27(33)10-12-32(13-11-27)14-15-34-26-9-3-19(16-23(26)28)2-8-25-24(30)17-21(18-31-25)20-4-6-22(29)7-5-20/h3-7,9,16-18,33H,10-15H2,1H3. The van der Waals surface area contributed by atoms with Crippen molar-refractivity contribution in [2.24, 2.45) is 0 Å². The van der Waals surface area contributed by atoms with Gasteiger partial charge in [0.15, 0.2) is 5.82 Å². The topological polar surface area (TPSA) is 45.6 Å². The van der Waals surface area contributed by atoms with E-state index in [9.17, 15) is 9.50 Å². The van der Waals surface area contributed by atoms with E-state index in [2.05, 4.69) is 37.7 Å². The van der Waals surface area contributed by atoms with Crippen LogP contribution >= 0.6 is 27.5 Å². The quantitative estimate of drug-likeness (QED) is 0.405. The molecule has 0 bridgehead atoms. The maximum Gasteiger partial charge on any atom is 0.158 e. The van der Waals surface area contributed by atoms with E-state index in [4.69, 9.17) is 16.3 Å². The summed E-state index contributed by atoms with van der Waals surface area (Å²) in [4.78, 5) is 6.48. The van der Waals surface area contributed by atoms with Gasteiger partial charge in [-0.15, -0.1) is 0 Å².